The van der Waals surface area contributed by atoms with Gasteiger partial charge in [-0.05, 0) is 79.6 Å². The van der Waals surface area contributed by atoms with Gasteiger partial charge in [0.1, 0.15) is 17.0 Å². The molecule has 2 aliphatic rings. The van der Waals surface area contributed by atoms with Crippen LogP contribution in [0.1, 0.15) is 63.2 Å². The first-order valence-corrected chi connectivity index (χ1v) is 12.2. The summed E-state index contributed by atoms with van der Waals surface area (Å²) in [6.45, 7) is 4.45. The van der Waals surface area contributed by atoms with Crippen LogP contribution in [0, 0.1) is 11.7 Å². The normalized spacial score (nSPS) is 18.9. The van der Waals surface area contributed by atoms with Crippen molar-refractivity contribution in [2.24, 2.45) is 5.92 Å². The van der Waals surface area contributed by atoms with E-state index < -0.39 is 18.0 Å². The largest absolute Gasteiger partial charge is 0.490 e. The lowest BCUT2D eigenvalue weighted by atomic mass is 9.88. The number of benzene rings is 2. The Bertz CT molecular complexity index is 1250. The van der Waals surface area contributed by atoms with E-state index in [1.54, 1.807) is 29.5 Å². The van der Waals surface area contributed by atoms with E-state index in [1.807, 2.05) is 6.92 Å². The van der Waals surface area contributed by atoms with Gasteiger partial charge in [-0.3, -0.25) is 4.79 Å². The van der Waals surface area contributed by atoms with Crippen LogP contribution in [-0.4, -0.2) is 18.5 Å². The molecule has 2 N–H and O–H groups in total. The van der Waals surface area contributed by atoms with Crippen LogP contribution in [0.5, 0.6) is 11.5 Å². The van der Waals surface area contributed by atoms with Gasteiger partial charge < -0.3 is 20.1 Å². The number of fused-ring (bicyclic) bond motifs is 3. The van der Waals surface area contributed by atoms with Crippen LogP contribution in [0.4, 0.5) is 9.39 Å². The highest BCUT2D eigenvalue weighted by molar-refractivity contribution is 7.16. The Morgan fingerprint density at radius 1 is 1.15 bits per heavy atom. The molecule has 3 aromatic rings. The molecule has 0 fully saturated rings. The third kappa shape index (κ3) is 4.25. The number of ether oxygens (including phenoxy) is 2. The molecule has 1 aliphatic carbocycles. The fraction of sp³-hybridized carbons (Fsp3) is 0.308. The summed E-state index contributed by atoms with van der Waals surface area (Å²) in [5.74, 6) is 0.156. The molecule has 2 heterocycles. The minimum Gasteiger partial charge on any atom is -0.490 e. The number of esters is 1. The molecule has 2 unspecified atom stereocenters. The van der Waals surface area contributed by atoms with E-state index in [1.165, 1.54) is 34.7 Å². The Hall–Kier alpha value is -3.39. The van der Waals surface area contributed by atoms with Crippen LogP contribution in [0.3, 0.4) is 0 Å². The first-order chi connectivity index (χ1) is 16.4. The number of nitrogens with one attached hydrogen (secondary N) is 2. The number of hydrogen-bond donors (Lipinski definition) is 2. The van der Waals surface area contributed by atoms with Gasteiger partial charge in [-0.25, -0.2) is 9.18 Å². The highest BCUT2D eigenvalue weighted by Crippen LogP contribution is 2.43. The Labute approximate surface area is 201 Å². The molecular weight excluding hydrogens is 455 g/mol. The second-order valence-electron chi connectivity index (χ2n) is 8.64. The van der Waals surface area contributed by atoms with E-state index in [0.717, 1.165) is 35.4 Å². The van der Waals surface area contributed by atoms with Gasteiger partial charge in [-0.2, -0.15) is 0 Å². The van der Waals surface area contributed by atoms with Gasteiger partial charge in [0, 0.05) is 4.88 Å². The summed E-state index contributed by atoms with van der Waals surface area (Å²) < 4.78 is 24.4. The SMILES string of the molecule is CCOc1cc(C2NC(=O)c3c(sc4c3CCC(C)C4)N2)ccc1OC(=O)c1ccc(F)cc1. The van der Waals surface area contributed by atoms with Crippen LogP contribution < -0.4 is 20.1 Å². The summed E-state index contributed by atoms with van der Waals surface area (Å²) in [5.41, 5.74) is 2.97. The van der Waals surface area contributed by atoms with Crippen molar-refractivity contribution in [1.29, 1.82) is 0 Å². The predicted molar refractivity (Wildman–Crippen MR) is 128 cm³/mol. The molecule has 8 heteroatoms. The maximum absolute atomic E-state index is 13.2. The van der Waals surface area contributed by atoms with Crippen LogP contribution in [-0.2, 0) is 12.8 Å². The molecule has 0 radical (unpaired) electrons. The van der Waals surface area contributed by atoms with Crippen LogP contribution in [0.15, 0.2) is 42.5 Å². The number of hydrogen-bond acceptors (Lipinski definition) is 6. The Morgan fingerprint density at radius 3 is 2.71 bits per heavy atom. The minimum atomic E-state index is -0.610. The number of amides is 1. The molecule has 0 saturated heterocycles. The Kier molecular flexibility index (Phi) is 6.00. The van der Waals surface area contributed by atoms with Gasteiger partial charge in [0.15, 0.2) is 11.5 Å². The molecular formula is C26H25FN2O4S. The first-order valence-electron chi connectivity index (χ1n) is 11.4. The second-order valence-corrected chi connectivity index (χ2v) is 9.75. The van der Waals surface area contributed by atoms with E-state index in [9.17, 15) is 14.0 Å². The monoisotopic (exact) mass is 480 g/mol. The van der Waals surface area contributed by atoms with E-state index in [-0.39, 0.29) is 17.2 Å². The number of carbonyl (C=O) groups excluding carboxylic acids is 2. The van der Waals surface area contributed by atoms with Crippen LogP contribution in [0.2, 0.25) is 0 Å². The standard InChI is InChI=1S/C26H25FN2O4S/c1-3-32-20-13-16(7-11-19(20)33-26(31)15-5-8-17(27)9-6-15)23-28-24(30)22-18-10-4-14(2)12-21(18)34-25(22)29-23/h5-9,11,13-14,23,29H,3-4,10,12H2,1-2H3,(H,28,30). The number of anilines is 1. The zero-order valence-electron chi connectivity index (χ0n) is 18.9. The third-order valence-corrected chi connectivity index (χ3v) is 7.36. The molecule has 0 saturated carbocycles. The second kappa shape index (κ2) is 9.10. The quantitative estimate of drug-likeness (QED) is 0.373. The summed E-state index contributed by atoms with van der Waals surface area (Å²) in [6.07, 6.45) is 2.61. The molecule has 0 bridgehead atoms. The van der Waals surface area contributed by atoms with Crippen molar-refractivity contribution < 1.29 is 23.5 Å². The molecule has 34 heavy (non-hydrogen) atoms. The van der Waals surface area contributed by atoms with Gasteiger partial charge in [0.2, 0.25) is 0 Å². The fourth-order valence-electron chi connectivity index (χ4n) is 4.43. The van der Waals surface area contributed by atoms with Crippen molar-refractivity contribution in [3.63, 3.8) is 0 Å². The molecule has 6 nitrogen and oxygen atoms in total. The smallest absolute Gasteiger partial charge is 0.343 e. The van der Waals surface area contributed by atoms with Gasteiger partial charge in [0.25, 0.3) is 5.91 Å². The maximum atomic E-state index is 13.2. The number of thiophene rings is 1. The Balaban J connectivity index is 1.39. The summed E-state index contributed by atoms with van der Waals surface area (Å²) in [7, 11) is 0. The summed E-state index contributed by atoms with van der Waals surface area (Å²) >= 11 is 1.67. The first kappa shape index (κ1) is 22.4. The Morgan fingerprint density at radius 2 is 1.94 bits per heavy atom. The number of rotatable bonds is 5. The molecule has 2 aromatic carbocycles. The van der Waals surface area contributed by atoms with Crippen molar-refractivity contribution in [3.05, 3.63) is 75.4 Å². The molecule has 176 valence electrons. The van der Waals surface area contributed by atoms with Gasteiger partial charge in [0.05, 0.1) is 17.7 Å². The van der Waals surface area contributed by atoms with Crippen molar-refractivity contribution in [1.82, 2.24) is 5.32 Å². The van der Waals surface area contributed by atoms with Crippen LogP contribution >= 0.6 is 11.3 Å². The lowest BCUT2D eigenvalue weighted by molar-refractivity contribution is 0.0728. The lowest BCUT2D eigenvalue weighted by Gasteiger charge is -2.27. The minimum absolute atomic E-state index is 0.0735. The fourth-order valence-corrected chi connectivity index (χ4v) is 5.87. The molecule has 0 spiro atoms. The zero-order chi connectivity index (χ0) is 23.8. The number of carbonyl (C=O) groups is 2. The van der Waals surface area contributed by atoms with Crippen molar-refractivity contribution in [3.8, 4) is 11.5 Å². The van der Waals surface area contributed by atoms with Crippen molar-refractivity contribution >= 4 is 28.2 Å². The molecule has 1 aliphatic heterocycles. The van der Waals surface area contributed by atoms with Gasteiger partial charge in [-0.15, -0.1) is 11.3 Å². The lowest BCUT2D eigenvalue weighted by Crippen LogP contribution is -2.38. The van der Waals surface area contributed by atoms with E-state index >= 15 is 0 Å². The molecule has 5 rings (SSSR count). The van der Waals surface area contributed by atoms with Crippen molar-refractivity contribution in [2.45, 2.75) is 39.3 Å². The van der Waals surface area contributed by atoms with E-state index in [0.29, 0.717) is 18.3 Å². The van der Waals surface area contributed by atoms with Crippen LogP contribution in [0.25, 0.3) is 0 Å². The van der Waals surface area contributed by atoms with E-state index in [2.05, 4.69) is 17.6 Å². The molecule has 1 aromatic heterocycles. The van der Waals surface area contributed by atoms with Gasteiger partial charge in [-0.1, -0.05) is 13.0 Å². The average molecular weight is 481 g/mol. The zero-order valence-corrected chi connectivity index (χ0v) is 19.8. The summed E-state index contributed by atoms with van der Waals surface area (Å²) in [6, 6.07) is 10.3. The molecule has 1 amide bonds. The predicted octanol–water partition coefficient (Wildman–Crippen LogP) is 5.48. The van der Waals surface area contributed by atoms with Gasteiger partial charge >= 0.3 is 5.97 Å². The average Bonchev–Trinajstić information content (AvgIpc) is 3.18. The highest BCUT2D eigenvalue weighted by atomic mass is 32.1. The molecule has 2 atom stereocenters. The summed E-state index contributed by atoms with van der Waals surface area (Å²) in [4.78, 5) is 26.8. The topological polar surface area (TPSA) is 76.7 Å². The van der Waals surface area contributed by atoms with Crippen molar-refractivity contribution in [2.75, 3.05) is 11.9 Å². The maximum Gasteiger partial charge on any atom is 0.343 e. The highest BCUT2D eigenvalue weighted by Gasteiger charge is 2.33. The summed E-state index contributed by atoms with van der Waals surface area (Å²) in [5, 5.41) is 7.42. The third-order valence-electron chi connectivity index (χ3n) is 6.17. The number of halogens is 1. The van der Waals surface area contributed by atoms with E-state index in [4.69, 9.17) is 9.47 Å².